The minimum absolute atomic E-state index is 0.0547. The lowest BCUT2D eigenvalue weighted by Gasteiger charge is -2.37. The molecule has 1 N–H and O–H groups in total. The number of carboxylic acid groups (broad SMARTS) is 1. The summed E-state index contributed by atoms with van der Waals surface area (Å²) < 4.78 is 2.01. The van der Waals surface area contributed by atoms with Crippen LogP contribution in [0.3, 0.4) is 0 Å². The molecule has 8 heteroatoms. The molecule has 1 atom stereocenters. The van der Waals surface area contributed by atoms with Crippen molar-refractivity contribution in [3.63, 3.8) is 0 Å². The average Bonchev–Trinajstić information content (AvgIpc) is 3.22. The molecule has 0 saturated carbocycles. The maximum atomic E-state index is 12.3. The van der Waals surface area contributed by atoms with Gasteiger partial charge in [-0.15, -0.1) is 11.8 Å². The van der Waals surface area contributed by atoms with E-state index >= 15 is 0 Å². The second kappa shape index (κ2) is 4.71. The Labute approximate surface area is 143 Å². The van der Waals surface area contributed by atoms with Crippen LogP contribution in [0.15, 0.2) is 47.1 Å². The van der Waals surface area contributed by atoms with Crippen molar-refractivity contribution in [1.29, 1.82) is 0 Å². The van der Waals surface area contributed by atoms with E-state index in [4.69, 9.17) is 5.11 Å². The first-order valence-electron chi connectivity index (χ1n) is 7.14. The van der Waals surface area contributed by atoms with Gasteiger partial charge in [-0.3, -0.25) is 14.1 Å². The van der Waals surface area contributed by atoms with Gasteiger partial charge in [0.25, 0.3) is 5.91 Å². The smallest absolute Gasteiger partial charge is 0.353 e. The second-order valence-electron chi connectivity index (χ2n) is 5.46. The van der Waals surface area contributed by atoms with Crippen LogP contribution in [-0.2, 0) is 9.59 Å². The first-order valence-corrected chi connectivity index (χ1v) is 8.90. The normalized spacial score (nSPS) is 21.4. The molecule has 1 amide bonds. The predicted molar refractivity (Wildman–Crippen MR) is 92.5 cm³/mol. The molecule has 1 saturated heterocycles. The maximum absolute atomic E-state index is 12.3. The molecule has 1 fully saturated rings. The van der Waals surface area contributed by atoms with Crippen LogP contribution in [0.1, 0.15) is 4.88 Å². The van der Waals surface area contributed by atoms with Crippen LogP contribution in [0.2, 0.25) is 0 Å². The molecule has 4 heterocycles. The number of nitrogens with zero attached hydrogens (tertiary/aromatic N) is 3. The van der Waals surface area contributed by atoms with Crippen LogP contribution in [0.25, 0.3) is 22.1 Å². The number of carbonyl (C=O) groups excluding carboxylic acids is 1. The highest BCUT2D eigenvalue weighted by Gasteiger charge is 2.49. The van der Waals surface area contributed by atoms with Gasteiger partial charge in [0.1, 0.15) is 11.1 Å². The first kappa shape index (κ1) is 13.8. The van der Waals surface area contributed by atoms with Gasteiger partial charge in [-0.1, -0.05) is 23.5 Å². The number of rotatable bonds is 2. The van der Waals surface area contributed by atoms with Crippen LogP contribution >= 0.6 is 23.1 Å². The zero-order valence-corrected chi connectivity index (χ0v) is 13.7. The van der Waals surface area contributed by atoms with Gasteiger partial charge in [0, 0.05) is 16.5 Å². The van der Waals surface area contributed by atoms with Crippen molar-refractivity contribution in [3.8, 4) is 0 Å². The molecule has 3 aromatic rings. The van der Waals surface area contributed by atoms with Gasteiger partial charge in [-0.05, 0) is 18.2 Å². The standard InChI is InChI=1S/C16H9N3O3S2/c20-13-9(14-19(13)12(7-23-14)15(21)22)5-8-6-18-11-4-2-1-3-10(11)17-16(18)24-8/h1-7,14H,(H,21,22)/b9-5-. The Hall–Kier alpha value is -2.58. The summed E-state index contributed by atoms with van der Waals surface area (Å²) in [7, 11) is 0. The average molecular weight is 355 g/mol. The van der Waals surface area contributed by atoms with E-state index in [2.05, 4.69) is 4.98 Å². The molecule has 0 spiro atoms. The van der Waals surface area contributed by atoms with Crippen LogP contribution < -0.4 is 0 Å². The molecule has 118 valence electrons. The third-order valence-corrected chi connectivity index (χ3v) is 6.09. The number of hydrogen-bond donors (Lipinski definition) is 1. The molecule has 0 bridgehead atoms. The van der Waals surface area contributed by atoms with Gasteiger partial charge in [-0.25, -0.2) is 9.78 Å². The van der Waals surface area contributed by atoms with Crippen molar-refractivity contribution >= 4 is 57.0 Å². The van der Waals surface area contributed by atoms with E-state index in [1.807, 2.05) is 40.9 Å². The molecule has 6 nitrogen and oxygen atoms in total. The van der Waals surface area contributed by atoms with Crippen molar-refractivity contribution in [2.45, 2.75) is 5.37 Å². The number of para-hydroxylation sites is 2. The van der Waals surface area contributed by atoms with Crippen LogP contribution in [0, 0.1) is 0 Å². The minimum atomic E-state index is -1.07. The molecule has 0 radical (unpaired) electrons. The number of aromatic nitrogens is 2. The molecule has 2 aliphatic rings. The van der Waals surface area contributed by atoms with Gasteiger partial charge in [0.05, 0.1) is 16.6 Å². The molecule has 2 aromatic heterocycles. The van der Waals surface area contributed by atoms with E-state index in [1.54, 1.807) is 0 Å². The molecule has 5 rings (SSSR count). The lowest BCUT2D eigenvalue weighted by molar-refractivity contribution is -0.141. The number of thioether (sulfide) groups is 1. The fourth-order valence-corrected chi connectivity index (χ4v) is 5.03. The number of β-lactam (4-membered cyclic amide) rings is 1. The van der Waals surface area contributed by atoms with Crippen LogP contribution in [0.5, 0.6) is 0 Å². The van der Waals surface area contributed by atoms with Gasteiger partial charge in [0.2, 0.25) is 0 Å². The Morgan fingerprint density at radius 2 is 2.17 bits per heavy atom. The first-order chi connectivity index (χ1) is 11.6. The number of fused-ring (bicyclic) bond motifs is 4. The fourth-order valence-electron chi connectivity index (χ4n) is 2.96. The van der Waals surface area contributed by atoms with Gasteiger partial charge >= 0.3 is 5.97 Å². The molecular formula is C16H9N3O3S2. The van der Waals surface area contributed by atoms with Crippen LogP contribution in [-0.4, -0.2) is 36.6 Å². The van der Waals surface area contributed by atoms with E-state index in [9.17, 15) is 9.59 Å². The van der Waals surface area contributed by atoms with Gasteiger partial charge in [-0.2, -0.15) is 0 Å². The van der Waals surface area contributed by atoms with Crippen molar-refractivity contribution in [2.24, 2.45) is 0 Å². The summed E-state index contributed by atoms with van der Waals surface area (Å²) in [6, 6.07) is 7.89. The zero-order chi connectivity index (χ0) is 16.4. The summed E-state index contributed by atoms with van der Waals surface area (Å²) in [5.41, 5.74) is 2.65. The van der Waals surface area contributed by atoms with E-state index in [0.29, 0.717) is 5.57 Å². The number of hydrogen-bond acceptors (Lipinski definition) is 5. The van der Waals surface area contributed by atoms with E-state index in [1.165, 1.54) is 33.4 Å². The molecule has 24 heavy (non-hydrogen) atoms. The summed E-state index contributed by atoms with van der Waals surface area (Å²) in [6.07, 6.45) is 3.80. The summed E-state index contributed by atoms with van der Waals surface area (Å²) >= 11 is 2.85. The van der Waals surface area contributed by atoms with Crippen molar-refractivity contribution in [3.05, 3.63) is 52.0 Å². The maximum Gasteiger partial charge on any atom is 0.353 e. The van der Waals surface area contributed by atoms with Gasteiger partial charge in [0.15, 0.2) is 4.96 Å². The predicted octanol–water partition coefficient (Wildman–Crippen LogP) is 2.77. The summed E-state index contributed by atoms with van der Waals surface area (Å²) in [5, 5.41) is 10.4. The number of imidazole rings is 1. The quantitative estimate of drug-likeness (QED) is 0.565. The highest BCUT2D eigenvalue weighted by atomic mass is 32.2. The Kier molecular flexibility index (Phi) is 2.71. The van der Waals surface area contributed by atoms with E-state index in [0.717, 1.165) is 20.9 Å². The minimum Gasteiger partial charge on any atom is -0.477 e. The lowest BCUT2D eigenvalue weighted by atomic mass is 10.0. The van der Waals surface area contributed by atoms with Crippen molar-refractivity contribution in [1.82, 2.24) is 14.3 Å². The second-order valence-corrected chi connectivity index (χ2v) is 7.45. The lowest BCUT2D eigenvalue weighted by Crippen LogP contribution is -2.51. The monoisotopic (exact) mass is 355 g/mol. The topological polar surface area (TPSA) is 74.9 Å². The van der Waals surface area contributed by atoms with Crippen molar-refractivity contribution in [2.75, 3.05) is 0 Å². The molecule has 1 unspecified atom stereocenters. The summed E-state index contributed by atoms with van der Waals surface area (Å²) in [6.45, 7) is 0. The Morgan fingerprint density at radius 1 is 1.33 bits per heavy atom. The molecule has 1 aromatic carbocycles. The highest BCUT2D eigenvalue weighted by molar-refractivity contribution is 8.03. The van der Waals surface area contributed by atoms with E-state index in [-0.39, 0.29) is 17.0 Å². The third-order valence-electron chi connectivity index (χ3n) is 4.08. The molecular weight excluding hydrogens is 346 g/mol. The largest absolute Gasteiger partial charge is 0.477 e. The Balaban J connectivity index is 1.52. The Bertz CT molecular complexity index is 1110. The molecule has 2 aliphatic heterocycles. The number of amides is 1. The third kappa shape index (κ3) is 1.75. The zero-order valence-electron chi connectivity index (χ0n) is 12.0. The van der Waals surface area contributed by atoms with Crippen molar-refractivity contribution < 1.29 is 14.7 Å². The fraction of sp³-hybridized carbons (Fsp3) is 0.0625. The van der Waals surface area contributed by atoms with Gasteiger partial charge < -0.3 is 5.11 Å². The van der Waals surface area contributed by atoms with E-state index < -0.39 is 5.97 Å². The summed E-state index contributed by atoms with van der Waals surface area (Å²) in [5.74, 6) is -1.31. The number of benzene rings is 1. The number of carboxylic acids is 1. The molecule has 0 aliphatic carbocycles. The summed E-state index contributed by atoms with van der Waals surface area (Å²) in [4.78, 5) is 31.0. The number of carbonyl (C=O) groups is 2. The highest BCUT2D eigenvalue weighted by Crippen LogP contribution is 2.45. The number of aliphatic carboxylic acids is 1. The SMILES string of the molecule is O=C(O)C1=CSC2/C(=C\c3cn4c(nc5ccccc54)s3)C(=O)N12. The van der Waals surface area contributed by atoms with Crippen LogP contribution in [0.4, 0.5) is 0 Å². The number of thiazole rings is 1. The Morgan fingerprint density at radius 3 is 3.00 bits per heavy atom.